The van der Waals surface area contributed by atoms with E-state index in [1.54, 1.807) is 30.6 Å². The van der Waals surface area contributed by atoms with Crippen molar-refractivity contribution in [3.05, 3.63) is 72.6 Å². The van der Waals surface area contributed by atoms with Gasteiger partial charge in [-0.05, 0) is 69.4 Å². The number of hydrogen-bond donors (Lipinski definition) is 1. The van der Waals surface area contributed by atoms with Crippen LogP contribution >= 0.6 is 12.4 Å². The highest BCUT2D eigenvalue weighted by atomic mass is 35.5. The molecule has 0 aliphatic heterocycles. The molecule has 0 aliphatic carbocycles. The smallest absolute Gasteiger partial charge is 0.240 e. The molecule has 1 unspecified atom stereocenters. The number of pyridine rings is 1. The number of fused-ring (bicyclic) bond motifs is 1. The van der Waals surface area contributed by atoms with Crippen molar-refractivity contribution in [1.29, 1.82) is 0 Å². The lowest BCUT2D eigenvalue weighted by molar-refractivity contribution is 0.250. The number of nitrogens with one attached hydrogen (secondary N) is 1. The Kier molecular flexibility index (Phi) is 8.79. The van der Waals surface area contributed by atoms with Crippen LogP contribution in [0.2, 0.25) is 0 Å². The van der Waals surface area contributed by atoms with Gasteiger partial charge in [-0.3, -0.25) is 4.98 Å². The van der Waals surface area contributed by atoms with Crippen molar-refractivity contribution in [2.24, 2.45) is 0 Å². The molecule has 0 aliphatic rings. The summed E-state index contributed by atoms with van der Waals surface area (Å²) in [6.07, 6.45) is 6.10. The van der Waals surface area contributed by atoms with E-state index < -0.39 is 10.0 Å². The first-order chi connectivity index (χ1) is 13.8. The van der Waals surface area contributed by atoms with Gasteiger partial charge in [0.15, 0.2) is 0 Å². The zero-order valence-electron chi connectivity index (χ0n) is 17.7. The summed E-state index contributed by atoms with van der Waals surface area (Å²) in [7, 11) is 0.521. The Hall–Kier alpha value is -1.99. The van der Waals surface area contributed by atoms with Gasteiger partial charge in [-0.2, -0.15) is 0 Å². The molecule has 0 fully saturated rings. The van der Waals surface area contributed by atoms with Crippen LogP contribution < -0.4 is 4.72 Å². The minimum absolute atomic E-state index is 0. The predicted octanol–water partition coefficient (Wildman–Crippen LogP) is 4.28. The topological polar surface area (TPSA) is 62.3 Å². The molecule has 0 saturated carbocycles. The maximum absolute atomic E-state index is 12.9. The van der Waals surface area contributed by atoms with E-state index in [1.807, 2.05) is 33.2 Å². The van der Waals surface area contributed by atoms with E-state index >= 15 is 0 Å². The van der Waals surface area contributed by atoms with Gasteiger partial charge in [0.1, 0.15) is 0 Å². The van der Waals surface area contributed by atoms with Crippen molar-refractivity contribution >= 4 is 33.2 Å². The first kappa shape index (κ1) is 24.3. The molecule has 0 amide bonds. The second-order valence-corrected chi connectivity index (χ2v) is 9.50. The van der Waals surface area contributed by atoms with Crippen LogP contribution in [0.1, 0.15) is 25.3 Å². The van der Waals surface area contributed by atoms with Crippen molar-refractivity contribution < 1.29 is 8.42 Å². The lowest BCUT2D eigenvalue weighted by atomic mass is 9.99. The number of hydrogen-bond acceptors (Lipinski definition) is 4. The minimum Gasteiger partial charge on any atom is -0.306 e. The second kappa shape index (κ2) is 10.9. The summed E-state index contributed by atoms with van der Waals surface area (Å²) in [5, 5.41) is 1.79. The van der Waals surface area contributed by atoms with E-state index in [0.717, 1.165) is 30.0 Å². The number of nitrogens with zero attached hydrogens (tertiary/aromatic N) is 2. The molecule has 0 saturated heterocycles. The minimum atomic E-state index is -3.58. The van der Waals surface area contributed by atoms with Crippen LogP contribution in [0.15, 0.2) is 71.9 Å². The van der Waals surface area contributed by atoms with Gasteiger partial charge in [-0.1, -0.05) is 36.4 Å². The van der Waals surface area contributed by atoms with Gasteiger partial charge in [-0.25, -0.2) is 13.1 Å². The summed E-state index contributed by atoms with van der Waals surface area (Å²) < 4.78 is 28.6. The third-order valence-corrected chi connectivity index (χ3v) is 6.83. The Labute approximate surface area is 186 Å². The van der Waals surface area contributed by atoms with E-state index in [4.69, 9.17) is 0 Å². The molecule has 2 atom stereocenters. The number of rotatable bonds is 9. The molecule has 0 spiro atoms. The molecule has 2 aromatic carbocycles. The Morgan fingerprint density at radius 2 is 1.77 bits per heavy atom. The second-order valence-electron chi connectivity index (χ2n) is 7.78. The van der Waals surface area contributed by atoms with E-state index in [1.165, 1.54) is 5.56 Å². The molecular weight excluding hydrogens is 418 g/mol. The largest absolute Gasteiger partial charge is 0.306 e. The molecule has 162 valence electrons. The normalized spacial score (nSPS) is 13.7. The van der Waals surface area contributed by atoms with Crippen molar-refractivity contribution in [1.82, 2.24) is 14.6 Å². The monoisotopic (exact) mass is 447 g/mol. The highest BCUT2D eigenvalue weighted by Gasteiger charge is 2.21. The number of sulfonamides is 1. The Morgan fingerprint density at radius 1 is 1.03 bits per heavy atom. The average molecular weight is 448 g/mol. The predicted molar refractivity (Wildman–Crippen MR) is 126 cm³/mol. The van der Waals surface area contributed by atoms with Crippen LogP contribution in [-0.4, -0.2) is 44.5 Å². The summed E-state index contributed by atoms with van der Waals surface area (Å²) in [6, 6.07) is 17.5. The summed E-state index contributed by atoms with van der Waals surface area (Å²) >= 11 is 0. The molecule has 0 bridgehead atoms. The van der Waals surface area contributed by atoms with Gasteiger partial charge in [0.05, 0.1) is 4.90 Å². The van der Waals surface area contributed by atoms with Crippen LogP contribution in [0.4, 0.5) is 0 Å². The molecule has 30 heavy (non-hydrogen) atoms. The molecular formula is C23H30ClN3O2S. The van der Waals surface area contributed by atoms with Crippen molar-refractivity contribution in [2.75, 3.05) is 14.1 Å². The summed E-state index contributed by atoms with van der Waals surface area (Å²) in [5.41, 5.74) is 1.30. The zero-order chi connectivity index (χ0) is 20.9. The van der Waals surface area contributed by atoms with Crippen LogP contribution in [0.5, 0.6) is 0 Å². The zero-order valence-corrected chi connectivity index (χ0v) is 19.3. The van der Waals surface area contributed by atoms with Gasteiger partial charge < -0.3 is 4.90 Å². The number of aryl methyl sites for hydroxylation is 1. The van der Waals surface area contributed by atoms with Crippen LogP contribution in [0.3, 0.4) is 0 Å². The Bertz CT molecular complexity index is 1040. The summed E-state index contributed by atoms with van der Waals surface area (Å²) in [5.74, 6) is 0. The molecule has 7 heteroatoms. The van der Waals surface area contributed by atoms with Crippen LogP contribution in [0, 0.1) is 0 Å². The molecule has 1 heterocycles. The molecule has 3 rings (SSSR count). The lowest BCUT2D eigenvalue weighted by Gasteiger charge is -2.27. The average Bonchev–Trinajstić information content (AvgIpc) is 2.71. The van der Waals surface area contributed by atoms with Gasteiger partial charge >= 0.3 is 0 Å². The number of halogens is 1. The molecule has 3 aromatic rings. The first-order valence-corrected chi connectivity index (χ1v) is 11.4. The van der Waals surface area contributed by atoms with Crippen molar-refractivity contribution in [3.8, 4) is 0 Å². The van der Waals surface area contributed by atoms with E-state index in [2.05, 4.69) is 38.9 Å². The summed E-state index contributed by atoms with van der Waals surface area (Å²) in [4.78, 5) is 6.54. The molecule has 0 radical (unpaired) electrons. The highest BCUT2D eigenvalue weighted by molar-refractivity contribution is 7.89. The Balaban J connectivity index is 0.00000320. The Morgan fingerprint density at radius 3 is 2.47 bits per heavy atom. The molecule has 5 nitrogen and oxygen atoms in total. The van der Waals surface area contributed by atoms with Gasteiger partial charge in [-0.15, -0.1) is 12.4 Å². The number of benzene rings is 2. The third-order valence-electron chi connectivity index (χ3n) is 5.24. The van der Waals surface area contributed by atoms with E-state index in [-0.39, 0.29) is 29.4 Å². The van der Waals surface area contributed by atoms with E-state index in [9.17, 15) is 8.42 Å². The fourth-order valence-electron chi connectivity index (χ4n) is 3.58. The lowest BCUT2D eigenvalue weighted by Crippen LogP contribution is -2.39. The first-order valence-electron chi connectivity index (χ1n) is 9.91. The third kappa shape index (κ3) is 6.51. The SMILES string of the molecule is C[C@H](CC(CCc1ccccc1)N(C)C)NS(=O)(=O)c1ccc2cnccc2c1.Cl. The number of aromatic nitrogens is 1. The van der Waals surface area contributed by atoms with Crippen molar-refractivity contribution in [2.45, 2.75) is 43.2 Å². The molecule has 1 N–H and O–H groups in total. The van der Waals surface area contributed by atoms with Gasteiger partial charge in [0.2, 0.25) is 10.0 Å². The van der Waals surface area contributed by atoms with Crippen LogP contribution in [-0.2, 0) is 16.4 Å². The van der Waals surface area contributed by atoms with Gasteiger partial charge in [0.25, 0.3) is 0 Å². The standard InChI is InChI=1S/C23H29N3O2S.ClH/c1-18(15-22(26(2)3)11-9-19-7-5-4-6-8-19)25-29(27,28)23-12-10-21-17-24-14-13-20(21)16-23;/h4-8,10,12-14,16-18,22,25H,9,11,15H2,1-3H3;1H/t18-,22?;/m1./s1. The van der Waals surface area contributed by atoms with Crippen molar-refractivity contribution in [3.63, 3.8) is 0 Å². The van der Waals surface area contributed by atoms with Gasteiger partial charge in [0, 0.05) is 29.9 Å². The maximum atomic E-state index is 12.9. The maximum Gasteiger partial charge on any atom is 0.240 e. The van der Waals surface area contributed by atoms with Crippen LogP contribution in [0.25, 0.3) is 10.8 Å². The fourth-order valence-corrected chi connectivity index (χ4v) is 4.87. The fraction of sp³-hybridized carbons (Fsp3) is 0.348. The highest BCUT2D eigenvalue weighted by Crippen LogP contribution is 2.19. The molecule has 1 aromatic heterocycles. The summed E-state index contributed by atoms with van der Waals surface area (Å²) in [6.45, 7) is 1.93. The van der Waals surface area contributed by atoms with E-state index in [0.29, 0.717) is 0 Å². The quantitative estimate of drug-likeness (QED) is 0.531.